The van der Waals surface area contributed by atoms with Gasteiger partial charge in [-0.25, -0.2) is 18.1 Å². The predicted octanol–water partition coefficient (Wildman–Crippen LogP) is -0.320. The van der Waals surface area contributed by atoms with Crippen LogP contribution in [0.2, 0.25) is 0 Å². The summed E-state index contributed by atoms with van der Waals surface area (Å²) in [5, 5.41) is 5.41. The van der Waals surface area contributed by atoms with Crippen molar-refractivity contribution in [1.82, 2.24) is 15.0 Å². The highest BCUT2D eigenvalue weighted by Gasteiger charge is 2.24. The summed E-state index contributed by atoms with van der Waals surface area (Å²) in [6.07, 6.45) is 3.42. The van der Waals surface area contributed by atoms with Gasteiger partial charge in [-0.3, -0.25) is 4.79 Å². The Morgan fingerprint density at radius 3 is 2.84 bits per heavy atom. The lowest BCUT2D eigenvalue weighted by Crippen LogP contribution is -2.38. The standard InChI is InChI=1S/C11H16N4O3S/c1-12-11-9(3-2-6-13-11)19(17,18)14-7-10(16)15-8-4-5-8/h2-3,6,8,14H,4-5,7H2,1H3,(H,12,13)(H,15,16). The number of nitrogens with one attached hydrogen (secondary N) is 3. The number of rotatable bonds is 6. The van der Waals surface area contributed by atoms with Crippen molar-refractivity contribution in [3.8, 4) is 0 Å². The van der Waals surface area contributed by atoms with E-state index in [-0.39, 0.29) is 29.2 Å². The number of pyridine rings is 1. The number of hydrogen-bond donors (Lipinski definition) is 3. The van der Waals surface area contributed by atoms with Gasteiger partial charge in [0, 0.05) is 19.3 Å². The summed E-state index contributed by atoms with van der Waals surface area (Å²) in [7, 11) is -2.16. The molecule has 2 rings (SSSR count). The van der Waals surface area contributed by atoms with Crippen LogP contribution in [0.4, 0.5) is 5.82 Å². The van der Waals surface area contributed by atoms with Gasteiger partial charge in [0.25, 0.3) is 0 Å². The molecule has 0 bridgehead atoms. The number of nitrogens with zero attached hydrogens (tertiary/aromatic N) is 1. The number of amides is 1. The molecule has 0 radical (unpaired) electrons. The van der Waals surface area contributed by atoms with E-state index in [4.69, 9.17) is 0 Å². The van der Waals surface area contributed by atoms with Crippen molar-refractivity contribution >= 4 is 21.7 Å². The minimum absolute atomic E-state index is 0.0247. The zero-order valence-electron chi connectivity index (χ0n) is 10.5. The van der Waals surface area contributed by atoms with Gasteiger partial charge in [-0.05, 0) is 25.0 Å². The molecule has 19 heavy (non-hydrogen) atoms. The van der Waals surface area contributed by atoms with Crippen LogP contribution in [0.3, 0.4) is 0 Å². The van der Waals surface area contributed by atoms with E-state index in [0.29, 0.717) is 0 Å². The molecule has 7 nitrogen and oxygen atoms in total. The minimum Gasteiger partial charge on any atom is -0.372 e. The third-order valence-corrected chi connectivity index (χ3v) is 4.10. The van der Waals surface area contributed by atoms with Gasteiger partial charge in [0.05, 0.1) is 6.54 Å². The van der Waals surface area contributed by atoms with E-state index in [9.17, 15) is 13.2 Å². The van der Waals surface area contributed by atoms with Crippen LogP contribution in [0.25, 0.3) is 0 Å². The van der Waals surface area contributed by atoms with E-state index >= 15 is 0 Å². The fourth-order valence-electron chi connectivity index (χ4n) is 1.54. The molecule has 1 amide bonds. The predicted molar refractivity (Wildman–Crippen MR) is 70.1 cm³/mol. The van der Waals surface area contributed by atoms with Crippen LogP contribution < -0.4 is 15.4 Å². The first-order chi connectivity index (χ1) is 9.03. The van der Waals surface area contributed by atoms with Gasteiger partial charge in [-0.1, -0.05) is 0 Å². The second-order valence-electron chi connectivity index (χ2n) is 4.27. The van der Waals surface area contributed by atoms with Gasteiger partial charge < -0.3 is 10.6 Å². The second kappa shape index (κ2) is 5.54. The van der Waals surface area contributed by atoms with Crippen molar-refractivity contribution in [3.05, 3.63) is 18.3 Å². The Labute approximate surface area is 111 Å². The van der Waals surface area contributed by atoms with Crippen molar-refractivity contribution in [1.29, 1.82) is 0 Å². The van der Waals surface area contributed by atoms with Gasteiger partial charge in [-0.15, -0.1) is 0 Å². The zero-order valence-corrected chi connectivity index (χ0v) is 11.3. The lowest BCUT2D eigenvalue weighted by Gasteiger charge is -2.10. The van der Waals surface area contributed by atoms with E-state index in [0.717, 1.165) is 12.8 Å². The Bertz CT molecular complexity index is 569. The maximum absolute atomic E-state index is 12.0. The van der Waals surface area contributed by atoms with Gasteiger partial charge in [0.15, 0.2) is 0 Å². The smallest absolute Gasteiger partial charge is 0.244 e. The van der Waals surface area contributed by atoms with E-state index in [1.54, 1.807) is 7.05 Å². The maximum Gasteiger partial charge on any atom is 0.244 e. The Balaban J connectivity index is 2.02. The topological polar surface area (TPSA) is 100 Å². The van der Waals surface area contributed by atoms with Crippen LogP contribution in [0.15, 0.2) is 23.2 Å². The molecule has 0 unspecified atom stereocenters. The molecule has 3 N–H and O–H groups in total. The Morgan fingerprint density at radius 2 is 2.21 bits per heavy atom. The third-order valence-electron chi connectivity index (χ3n) is 2.66. The van der Waals surface area contributed by atoms with Crippen molar-refractivity contribution in [2.75, 3.05) is 18.9 Å². The molecule has 0 saturated heterocycles. The average molecular weight is 284 g/mol. The largest absolute Gasteiger partial charge is 0.372 e. The molecule has 0 aromatic carbocycles. The van der Waals surface area contributed by atoms with E-state index in [2.05, 4.69) is 20.3 Å². The minimum atomic E-state index is -3.75. The monoisotopic (exact) mass is 284 g/mol. The quantitative estimate of drug-likeness (QED) is 0.665. The fourth-order valence-corrected chi connectivity index (χ4v) is 2.68. The summed E-state index contributed by atoms with van der Waals surface area (Å²) >= 11 is 0. The molecule has 1 aliphatic carbocycles. The number of sulfonamides is 1. The lowest BCUT2D eigenvalue weighted by atomic mass is 10.5. The number of carbonyl (C=O) groups is 1. The maximum atomic E-state index is 12.0. The molecule has 1 fully saturated rings. The first-order valence-electron chi connectivity index (χ1n) is 5.95. The highest BCUT2D eigenvalue weighted by molar-refractivity contribution is 7.89. The number of anilines is 1. The molecule has 1 saturated carbocycles. The third kappa shape index (κ3) is 3.65. The van der Waals surface area contributed by atoms with Crippen molar-refractivity contribution in [2.45, 2.75) is 23.8 Å². The van der Waals surface area contributed by atoms with E-state index < -0.39 is 10.0 Å². The van der Waals surface area contributed by atoms with E-state index in [1.165, 1.54) is 18.3 Å². The summed E-state index contributed by atoms with van der Waals surface area (Å²) in [4.78, 5) is 15.4. The molecule has 0 atom stereocenters. The number of hydrogen-bond acceptors (Lipinski definition) is 5. The number of aromatic nitrogens is 1. The highest BCUT2D eigenvalue weighted by atomic mass is 32.2. The summed E-state index contributed by atoms with van der Waals surface area (Å²) in [5.41, 5.74) is 0. The first-order valence-corrected chi connectivity index (χ1v) is 7.43. The van der Waals surface area contributed by atoms with Crippen molar-refractivity contribution < 1.29 is 13.2 Å². The Kier molecular flexibility index (Phi) is 4.01. The van der Waals surface area contributed by atoms with Crippen LogP contribution in [0, 0.1) is 0 Å². The number of carbonyl (C=O) groups excluding carboxylic acids is 1. The van der Waals surface area contributed by atoms with Crippen LogP contribution >= 0.6 is 0 Å². The molecule has 104 valence electrons. The SMILES string of the molecule is CNc1ncccc1S(=O)(=O)NCC(=O)NC1CC1. The van der Waals surface area contributed by atoms with E-state index in [1.807, 2.05) is 0 Å². The normalized spacial score (nSPS) is 15.0. The molecule has 1 aromatic heterocycles. The molecule has 0 spiro atoms. The summed E-state index contributed by atoms with van der Waals surface area (Å²) in [5.74, 6) is -0.0708. The van der Waals surface area contributed by atoms with Crippen LogP contribution in [-0.2, 0) is 14.8 Å². The average Bonchev–Trinajstić information content (AvgIpc) is 3.20. The summed E-state index contributed by atoms with van der Waals surface area (Å²) in [6, 6.07) is 3.17. The molecule has 8 heteroatoms. The van der Waals surface area contributed by atoms with Crippen LogP contribution in [0.1, 0.15) is 12.8 Å². The molecule has 1 aliphatic rings. The zero-order chi connectivity index (χ0) is 13.9. The molecule has 1 aromatic rings. The van der Waals surface area contributed by atoms with Gasteiger partial charge >= 0.3 is 0 Å². The molecule has 1 heterocycles. The summed E-state index contributed by atoms with van der Waals surface area (Å²) in [6.45, 7) is -0.267. The van der Waals surface area contributed by atoms with Crippen molar-refractivity contribution in [3.63, 3.8) is 0 Å². The van der Waals surface area contributed by atoms with Crippen molar-refractivity contribution in [2.24, 2.45) is 0 Å². The highest BCUT2D eigenvalue weighted by Crippen LogP contribution is 2.18. The Morgan fingerprint density at radius 1 is 1.47 bits per heavy atom. The molecular weight excluding hydrogens is 268 g/mol. The molecule has 0 aliphatic heterocycles. The lowest BCUT2D eigenvalue weighted by molar-refractivity contribution is -0.120. The van der Waals surface area contributed by atoms with Crippen LogP contribution in [-0.4, -0.2) is 38.9 Å². The molecular formula is C11H16N4O3S. The van der Waals surface area contributed by atoms with Gasteiger partial charge in [0.1, 0.15) is 10.7 Å². The first kappa shape index (κ1) is 13.8. The van der Waals surface area contributed by atoms with Gasteiger partial charge in [0.2, 0.25) is 15.9 Å². The Hall–Kier alpha value is -1.67. The van der Waals surface area contributed by atoms with Gasteiger partial charge in [-0.2, -0.15) is 0 Å². The fraction of sp³-hybridized carbons (Fsp3) is 0.455. The van der Waals surface area contributed by atoms with Crippen LogP contribution in [0.5, 0.6) is 0 Å². The summed E-state index contributed by atoms with van der Waals surface area (Å²) < 4.78 is 26.4. The second-order valence-corrected chi connectivity index (χ2v) is 6.00.